The van der Waals surface area contributed by atoms with E-state index in [0.717, 1.165) is 37.1 Å². The maximum Gasteiger partial charge on any atom is 0.170 e. The first kappa shape index (κ1) is 15.5. The highest BCUT2D eigenvalue weighted by Crippen LogP contribution is 2.24. The lowest BCUT2D eigenvalue weighted by atomic mass is 10.1. The molecule has 0 spiro atoms. The molecule has 0 saturated heterocycles. The lowest BCUT2D eigenvalue weighted by Gasteiger charge is -2.30. The topological polar surface area (TPSA) is 46.8 Å². The SMILES string of the molecule is CCC(CC)N(CCOC)c1nc2ccccn2c1C=O. The molecule has 0 fully saturated rings. The molecule has 0 aliphatic rings. The summed E-state index contributed by atoms with van der Waals surface area (Å²) in [6.07, 6.45) is 4.77. The van der Waals surface area contributed by atoms with Gasteiger partial charge in [0.05, 0.1) is 6.61 Å². The summed E-state index contributed by atoms with van der Waals surface area (Å²) in [4.78, 5) is 18.4. The average molecular weight is 289 g/mol. The van der Waals surface area contributed by atoms with Crippen LogP contribution in [0.2, 0.25) is 0 Å². The highest BCUT2D eigenvalue weighted by atomic mass is 16.5. The monoisotopic (exact) mass is 289 g/mol. The number of aldehydes is 1. The first-order valence-electron chi connectivity index (χ1n) is 7.44. The summed E-state index contributed by atoms with van der Waals surface area (Å²) < 4.78 is 7.05. The van der Waals surface area contributed by atoms with Crippen LogP contribution in [0.25, 0.3) is 5.65 Å². The minimum absolute atomic E-state index is 0.351. The standard InChI is InChI=1S/C16H23N3O2/c1-4-13(5-2)18(10-11-21-3)16-14(12-20)19-9-7-6-8-15(19)17-16/h6-9,12-13H,4-5,10-11H2,1-3H3. The first-order chi connectivity index (χ1) is 10.3. The molecule has 0 N–H and O–H groups in total. The molecule has 5 heteroatoms. The number of carbonyl (C=O) groups excluding carboxylic acids is 1. The van der Waals surface area contributed by atoms with Gasteiger partial charge in [0.15, 0.2) is 12.1 Å². The van der Waals surface area contributed by atoms with Gasteiger partial charge in [-0.05, 0) is 25.0 Å². The Morgan fingerprint density at radius 2 is 2.14 bits per heavy atom. The van der Waals surface area contributed by atoms with E-state index in [2.05, 4.69) is 23.7 Å². The second kappa shape index (κ2) is 7.22. The zero-order chi connectivity index (χ0) is 15.2. The van der Waals surface area contributed by atoms with Gasteiger partial charge in [-0.2, -0.15) is 0 Å². The van der Waals surface area contributed by atoms with Crippen molar-refractivity contribution in [2.45, 2.75) is 32.7 Å². The number of nitrogens with zero attached hydrogens (tertiary/aromatic N) is 3. The zero-order valence-corrected chi connectivity index (χ0v) is 13.0. The van der Waals surface area contributed by atoms with Gasteiger partial charge in [0.1, 0.15) is 11.3 Å². The normalized spacial score (nSPS) is 11.2. The highest BCUT2D eigenvalue weighted by molar-refractivity contribution is 5.83. The van der Waals surface area contributed by atoms with Gasteiger partial charge in [-0.1, -0.05) is 19.9 Å². The molecule has 5 nitrogen and oxygen atoms in total. The first-order valence-corrected chi connectivity index (χ1v) is 7.44. The van der Waals surface area contributed by atoms with Gasteiger partial charge in [0.25, 0.3) is 0 Å². The van der Waals surface area contributed by atoms with Crippen molar-refractivity contribution in [1.29, 1.82) is 0 Å². The van der Waals surface area contributed by atoms with Gasteiger partial charge in [-0.15, -0.1) is 0 Å². The molecule has 0 aliphatic heterocycles. The van der Waals surface area contributed by atoms with Gasteiger partial charge < -0.3 is 9.64 Å². The fourth-order valence-corrected chi connectivity index (χ4v) is 2.70. The van der Waals surface area contributed by atoms with E-state index in [1.807, 2.05) is 28.8 Å². The number of aromatic nitrogens is 2. The lowest BCUT2D eigenvalue weighted by Crippen LogP contribution is -2.38. The summed E-state index contributed by atoms with van der Waals surface area (Å²) in [6, 6.07) is 6.10. The van der Waals surface area contributed by atoms with Gasteiger partial charge in [0.2, 0.25) is 0 Å². The average Bonchev–Trinajstić information content (AvgIpc) is 2.89. The van der Waals surface area contributed by atoms with Gasteiger partial charge in [-0.3, -0.25) is 9.20 Å². The molecule has 2 aromatic rings. The molecular weight excluding hydrogens is 266 g/mol. The molecule has 0 unspecified atom stereocenters. The Hall–Kier alpha value is -1.88. The van der Waals surface area contributed by atoms with Crippen molar-refractivity contribution in [1.82, 2.24) is 9.38 Å². The summed E-state index contributed by atoms with van der Waals surface area (Å²) in [5, 5.41) is 0. The van der Waals surface area contributed by atoms with Crippen LogP contribution in [0.5, 0.6) is 0 Å². The van der Waals surface area contributed by atoms with Crippen molar-refractivity contribution in [2.24, 2.45) is 0 Å². The van der Waals surface area contributed by atoms with Crippen molar-refractivity contribution < 1.29 is 9.53 Å². The highest BCUT2D eigenvalue weighted by Gasteiger charge is 2.22. The molecule has 2 aromatic heterocycles. The fourth-order valence-electron chi connectivity index (χ4n) is 2.70. The Labute approximate surface area is 125 Å². The molecule has 2 rings (SSSR count). The Morgan fingerprint density at radius 1 is 1.38 bits per heavy atom. The molecule has 0 aromatic carbocycles. The third-order valence-corrected chi connectivity index (χ3v) is 3.85. The van der Waals surface area contributed by atoms with Crippen LogP contribution in [-0.4, -0.2) is 42.0 Å². The summed E-state index contributed by atoms with van der Waals surface area (Å²) in [6.45, 7) is 5.66. The molecular formula is C16H23N3O2. The summed E-state index contributed by atoms with van der Waals surface area (Å²) in [5.74, 6) is 0.752. The second-order valence-electron chi connectivity index (χ2n) is 5.02. The van der Waals surface area contributed by atoms with Crippen LogP contribution < -0.4 is 4.90 Å². The van der Waals surface area contributed by atoms with Crippen molar-refractivity contribution in [3.05, 3.63) is 30.1 Å². The van der Waals surface area contributed by atoms with Gasteiger partial charge in [-0.25, -0.2) is 4.98 Å². The number of hydrogen-bond donors (Lipinski definition) is 0. The Bertz CT molecular complexity index is 590. The number of ether oxygens (including phenoxy) is 1. The molecule has 0 saturated carbocycles. The van der Waals surface area contributed by atoms with Crippen LogP contribution in [0, 0.1) is 0 Å². The number of rotatable bonds is 8. The summed E-state index contributed by atoms with van der Waals surface area (Å²) in [5.41, 5.74) is 1.40. The maximum absolute atomic E-state index is 11.6. The second-order valence-corrected chi connectivity index (χ2v) is 5.02. The Balaban J connectivity index is 2.49. The smallest absolute Gasteiger partial charge is 0.170 e. The lowest BCUT2D eigenvalue weighted by molar-refractivity contribution is 0.111. The van der Waals surface area contributed by atoms with Crippen LogP contribution in [0.3, 0.4) is 0 Å². The van der Waals surface area contributed by atoms with Gasteiger partial charge >= 0.3 is 0 Å². The zero-order valence-electron chi connectivity index (χ0n) is 13.0. The molecule has 0 bridgehead atoms. The van der Waals surface area contributed by atoms with E-state index in [9.17, 15) is 4.79 Å². The van der Waals surface area contributed by atoms with E-state index in [1.165, 1.54) is 0 Å². The third kappa shape index (κ3) is 3.08. The minimum atomic E-state index is 0.351. The molecule has 114 valence electrons. The molecule has 0 radical (unpaired) electrons. The number of fused-ring (bicyclic) bond motifs is 1. The predicted octanol–water partition coefficient (Wildman–Crippen LogP) is 2.79. The Morgan fingerprint density at radius 3 is 2.76 bits per heavy atom. The third-order valence-electron chi connectivity index (χ3n) is 3.85. The molecule has 0 amide bonds. The molecule has 21 heavy (non-hydrogen) atoms. The fraction of sp³-hybridized carbons (Fsp3) is 0.500. The van der Waals surface area contributed by atoms with Crippen LogP contribution in [0.1, 0.15) is 37.2 Å². The van der Waals surface area contributed by atoms with Crippen molar-refractivity contribution in [2.75, 3.05) is 25.2 Å². The van der Waals surface area contributed by atoms with Crippen LogP contribution in [-0.2, 0) is 4.74 Å². The van der Waals surface area contributed by atoms with E-state index in [4.69, 9.17) is 4.74 Å². The van der Waals surface area contributed by atoms with Crippen molar-refractivity contribution >= 4 is 17.8 Å². The molecule has 0 aliphatic carbocycles. The van der Waals surface area contributed by atoms with Crippen molar-refractivity contribution in [3.63, 3.8) is 0 Å². The largest absolute Gasteiger partial charge is 0.383 e. The van der Waals surface area contributed by atoms with Crippen LogP contribution >= 0.6 is 0 Å². The minimum Gasteiger partial charge on any atom is -0.383 e. The number of carbonyl (C=O) groups is 1. The van der Waals surface area contributed by atoms with Gasteiger partial charge in [0, 0.05) is 25.9 Å². The molecule has 2 heterocycles. The maximum atomic E-state index is 11.6. The van der Waals surface area contributed by atoms with E-state index in [0.29, 0.717) is 18.3 Å². The molecule has 0 atom stereocenters. The van der Waals surface area contributed by atoms with E-state index < -0.39 is 0 Å². The number of imidazole rings is 1. The summed E-state index contributed by atoms with van der Waals surface area (Å²) in [7, 11) is 1.69. The summed E-state index contributed by atoms with van der Waals surface area (Å²) >= 11 is 0. The number of anilines is 1. The van der Waals surface area contributed by atoms with Crippen molar-refractivity contribution in [3.8, 4) is 0 Å². The Kier molecular flexibility index (Phi) is 5.33. The van der Waals surface area contributed by atoms with E-state index in [1.54, 1.807) is 7.11 Å². The van der Waals surface area contributed by atoms with E-state index >= 15 is 0 Å². The number of hydrogen-bond acceptors (Lipinski definition) is 4. The number of methoxy groups -OCH3 is 1. The van der Waals surface area contributed by atoms with Crippen LogP contribution in [0.15, 0.2) is 24.4 Å². The quantitative estimate of drug-likeness (QED) is 0.701. The van der Waals surface area contributed by atoms with E-state index in [-0.39, 0.29) is 0 Å². The van der Waals surface area contributed by atoms with Crippen LogP contribution in [0.4, 0.5) is 5.82 Å². The number of pyridine rings is 1. The predicted molar refractivity (Wildman–Crippen MR) is 84.2 cm³/mol.